The number of nitrogens with zero attached hydrogens (tertiary/aromatic N) is 1. The van der Waals surface area contributed by atoms with Crippen LogP contribution < -0.4 is 10.6 Å². The maximum Gasteiger partial charge on any atom is 0.413 e. The lowest BCUT2D eigenvalue weighted by Crippen LogP contribution is -2.57. The molecule has 178 valence electrons. The lowest BCUT2D eigenvalue weighted by Gasteiger charge is -2.58. The Hall–Kier alpha value is -1.97. The number of amides is 2. The Bertz CT molecular complexity index is 872. The van der Waals surface area contributed by atoms with Gasteiger partial charge in [-0.15, -0.1) is 11.3 Å². The number of hydrogen-bond acceptors (Lipinski definition) is 7. The van der Waals surface area contributed by atoms with E-state index in [1.54, 1.807) is 0 Å². The second kappa shape index (κ2) is 9.49. The van der Waals surface area contributed by atoms with Crippen molar-refractivity contribution in [3.05, 3.63) is 23.2 Å². The summed E-state index contributed by atoms with van der Waals surface area (Å²) in [4.78, 5) is 30.5. The van der Waals surface area contributed by atoms with E-state index in [2.05, 4.69) is 24.1 Å². The first-order valence-corrected chi connectivity index (χ1v) is 12.0. The van der Waals surface area contributed by atoms with Crippen LogP contribution in [0.25, 0.3) is 0 Å². The van der Waals surface area contributed by atoms with Crippen LogP contribution in [0.1, 0.15) is 63.4 Å². The number of carbonyl (C=O) groups is 2. The van der Waals surface area contributed by atoms with Gasteiger partial charge < -0.3 is 20.3 Å². The Kier molecular flexibility index (Phi) is 7.31. The van der Waals surface area contributed by atoms with Crippen LogP contribution in [0.5, 0.6) is 0 Å². The van der Waals surface area contributed by atoms with Gasteiger partial charge >= 0.3 is 6.09 Å². The van der Waals surface area contributed by atoms with E-state index in [4.69, 9.17) is 9.72 Å². The minimum atomic E-state index is -0.683. The number of rotatable bonds is 7. The quantitative estimate of drug-likeness (QED) is 0.459. The van der Waals surface area contributed by atoms with Crippen LogP contribution in [0.2, 0.25) is 0 Å². The predicted octanol–water partition coefficient (Wildman–Crippen LogP) is 3.21. The molecule has 1 aromatic rings. The highest BCUT2D eigenvalue weighted by Crippen LogP contribution is 2.62. The van der Waals surface area contributed by atoms with E-state index in [1.165, 1.54) is 17.4 Å². The van der Waals surface area contributed by atoms with Crippen LogP contribution >= 0.6 is 11.3 Å². The molecule has 1 saturated carbocycles. The summed E-state index contributed by atoms with van der Waals surface area (Å²) in [5.74, 6) is -0.277. The van der Waals surface area contributed by atoms with Gasteiger partial charge in [-0.25, -0.2) is 9.78 Å². The van der Waals surface area contributed by atoms with Crippen LogP contribution in [-0.2, 0) is 16.0 Å². The molecule has 1 heterocycles. The Morgan fingerprint density at radius 1 is 1.41 bits per heavy atom. The first-order chi connectivity index (χ1) is 15.0. The highest BCUT2D eigenvalue weighted by atomic mass is 32.1. The van der Waals surface area contributed by atoms with Gasteiger partial charge in [-0.3, -0.25) is 10.1 Å². The Balaban J connectivity index is 2.00. The number of ether oxygens (including phenoxy) is 1. The number of aliphatic hydroxyl groups excluding tert-OH is 2. The lowest BCUT2D eigenvalue weighted by atomic mass is 9.47. The van der Waals surface area contributed by atoms with Crippen molar-refractivity contribution >= 4 is 28.5 Å². The number of nitrogens with one attached hydrogen (secondary N) is 2. The monoisotopic (exact) mass is 465 g/mol. The van der Waals surface area contributed by atoms with Crippen molar-refractivity contribution in [2.75, 3.05) is 18.5 Å². The normalized spacial score (nSPS) is 31.4. The highest BCUT2D eigenvalue weighted by Gasteiger charge is 2.59. The second-order valence-electron chi connectivity index (χ2n) is 9.80. The van der Waals surface area contributed by atoms with Crippen LogP contribution in [-0.4, -0.2) is 52.6 Å². The summed E-state index contributed by atoms with van der Waals surface area (Å²) >= 11 is 1.36. The van der Waals surface area contributed by atoms with Crippen molar-refractivity contribution in [3.8, 4) is 0 Å². The number of thiazole rings is 1. The molecule has 0 spiro atoms. The second-order valence-corrected chi connectivity index (χ2v) is 10.9. The summed E-state index contributed by atoms with van der Waals surface area (Å²) in [5, 5.41) is 27.2. The van der Waals surface area contributed by atoms with Gasteiger partial charge in [0.15, 0.2) is 5.13 Å². The summed E-state index contributed by atoms with van der Waals surface area (Å²) < 4.78 is 5.01. The number of aliphatic hydroxyl groups is 2. The molecular weight excluding hydrogens is 430 g/mol. The van der Waals surface area contributed by atoms with Gasteiger partial charge in [0.2, 0.25) is 5.91 Å². The average molecular weight is 466 g/mol. The number of aromatic nitrogens is 1. The molecule has 0 saturated heterocycles. The zero-order valence-corrected chi connectivity index (χ0v) is 20.1. The fourth-order valence-electron chi connectivity index (χ4n) is 5.52. The number of fused-ring (bicyclic) bond motifs is 2. The van der Waals surface area contributed by atoms with Crippen LogP contribution in [0, 0.1) is 16.7 Å². The molecule has 2 aliphatic carbocycles. The van der Waals surface area contributed by atoms with Crippen molar-refractivity contribution in [3.63, 3.8) is 0 Å². The van der Waals surface area contributed by atoms with Crippen LogP contribution in [0.15, 0.2) is 12.7 Å². The topological polar surface area (TPSA) is 121 Å². The molecule has 2 amide bonds. The van der Waals surface area contributed by atoms with Crippen molar-refractivity contribution in [2.45, 2.75) is 71.4 Å². The molecule has 2 aliphatic rings. The minimum absolute atomic E-state index is 0.0253. The molecular formula is C23H35N3O5S. The molecule has 0 bridgehead atoms. The molecule has 0 aliphatic heterocycles. The number of hydrogen-bond donors (Lipinski definition) is 4. The predicted molar refractivity (Wildman–Crippen MR) is 124 cm³/mol. The molecule has 1 aromatic heterocycles. The lowest BCUT2D eigenvalue weighted by molar-refractivity contribution is -0.144. The summed E-state index contributed by atoms with van der Waals surface area (Å²) in [6.45, 7) is 11.4. The van der Waals surface area contributed by atoms with E-state index in [1.807, 2.05) is 20.8 Å². The van der Waals surface area contributed by atoms with E-state index >= 15 is 0 Å². The molecule has 4 N–H and O–H groups in total. The Morgan fingerprint density at radius 3 is 2.75 bits per heavy atom. The molecule has 5 atom stereocenters. The van der Waals surface area contributed by atoms with E-state index < -0.39 is 17.6 Å². The molecule has 8 nitrogen and oxygen atoms in total. The maximum atomic E-state index is 12.8. The summed E-state index contributed by atoms with van der Waals surface area (Å²) in [6, 6.07) is 0.0253. The third kappa shape index (κ3) is 4.56. The van der Waals surface area contributed by atoms with E-state index in [0.717, 1.165) is 17.0 Å². The first-order valence-electron chi connectivity index (χ1n) is 11.2. The van der Waals surface area contributed by atoms with E-state index in [9.17, 15) is 19.8 Å². The summed E-state index contributed by atoms with van der Waals surface area (Å²) in [5.41, 5.74) is -0.187. The maximum absolute atomic E-state index is 12.8. The fraction of sp³-hybridized carbons (Fsp3) is 0.696. The van der Waals surface area contributed by atoms with Crippen molar-refractivity contribution in [2.24, 2.45) is 16.7 Å². The smallest absolute Gasteiger partial charge is 0.413 e. The standard InChI is InChI=1S/C23H35N3O5S/c1-6-9-31-21(30)26-20-25-19-14(10-18(29)24-13(2)3)22(4)8-7-17(28)23(5,12-27)16(22)11-15(19)32-20/h6,13-14,16-17,27-28H,1,7-12H2,2-5H3,(H,24,29)(H,25,26,30)/t14-,16+,17-,22+,23+/m1/s1. The Morgan fingerprint density at radius 2 is 2.12 bits per heavy atom. The van der Waals surface area contributed by atoms with E-state index in [-0.39, 0.29) is 48.8 Å². The molecule has 32 heavy (non-hydrogen) atoms. The van der Waals surface area contributed by atoms with Gasteiger partial charge in [-0.05, 0) is 44.4 Å². The van der Waals surface area contributed by atoms with E-state index in [0.29, 0.717) is 18.0 Å². The average Bonchev–Trinajstić information content (AvgIpc) is 3.12. The largest absolute Gasteiger partial charge is 0.445 e. The van der Waals surface area contributed by atoms with Crippen LogP contribution in [0.3, 0.4) is 0 Å². The van der Waals surface area contributed by atoms with Gasteiger partial charge in [0.05, 0.1) is 18.4 Å². The van der Waals surface area contributed by atoms with Gasteiger partial charge in [0.1, 0.15) is 6.61 Å². The molecule has 0 radical (unpaired) electrons. The molecule has 0 unspecified atom stereocenters. The fourth-order valence-corrected chi connectivity index (χ4v) is 6.58. The van der Waals surface area contributed by atoms with Gasteiger partial charge in [0, 0.05) is 28.7 Å². The third-order valence-electron chi connectivity index (χ3n) is 7.27. The highest BCUT2D eigenvalue weighted by molar-refractivity contribution is 7.15. The Labute approximate surface area is 193 Å². The zero-order chi connectivity index (χ0) is 23.7. The van der Waals surface area contributed by atoms with Gasteiger partial charge in [-0.2, -0.15) is 0 Å². The van der Waals surface area contributed by atoms with Crippen molar-refractivity contribution < 1.29 is 24.5 Å². The SMILES string of the molecule is C=CCOC(=O)Nc1nc2c(s1)C[C@@H]1[C@](C)(CO)[C@H](O)CC[C@@]1(C)[C@@H]2CC(=O)NC(C)C. The first kappa shape index (κ1) is 24.7. The third-order valence-corrected chi connectivity index (χ3v) is 8.28. The summed E-state index contributed by atoms with van der Waals surface area (Å²) in [7, 11) is 0. The van der Waals surface area contributed by atoms with Gasteiger partial charge in [-0.1, -0.05) is 26.5 Å². The molecule has 1 fully saturated rings. The molecule has 0 aromatic carbocycles. The van der Waals surface area contributed by atoms with Gasteiger partial charge in [0.25, 0.3) is 0 Å². The van der Waals surface area contributed by atoms with Crippen LogP contribution in [0.4, 0.5) is 9.93 Å². The summed E-state index contributed by atoms with van der Waals surface area (Å²) in [6.07, 6.45) is 2.45. The zero-order valence-electron chi connectivity index (χ0n) is 19.3. The molecule has 9 heteroatoms. The van der Waals surface area contributed by atoms with Crippen molar-refractivity contribution in [1.82, 2.24) is 10.3 Å². The number of anilines is 1. The van der Waals surface area contributed by atoms with Crippen molar-refractivity contribution in [1.29, 1.82) is 0 Å². The molecule has 3 rings (SSSR count). The number of carbonyl (C=O) groups excluding carboxylic acids is 2. The minimum Gasteiger partial charge on any atom is -0.445 e.